The molecule has 0 N–H and O–H groups in total. The lowest BCUT2D eigenvalue weighted by atomic mass is 9.99. The molecular weight excluding hydrogens is 457 g/mol. The van der Waals surface area contributed by atoms with Gasteiger partial charge in [-0.2, -0.15) is 0 Å². The van der Waals surface area contributed by atoms with E-state index in [4.69, 9.17) is 27.9 Å². The number of hydrogen-bond acceptors (Lipinski definition) is 6. The van der Waals surface area contributed by atoms with Gasteiger partial charge in [0.2, 0.25) is 5.78 Å². The van der Waals surface area contributed by atoms with Crippen molar-refractivity contribution in [2.24, 2.45) is 0 Å². The summed E-state index contributed by atoms with van der Waals surface area (Å²) in [7, 11) is 1.65. The SMILES string of the molecule is CN(C(=O)OC(C)(C)C)[C@H](c1cccc(Cl)c1)c1csc(C(=O)c2cncnc2Cl)c1. The molecule has 0 aliphatic carbocycles. The van der Waals surface area contributed by atoms with Crippen LogP contribution in [0.2, 0.25) is 10.2 Å². The first-order valence-electron chi connectivity index (χ1n) is 9.36. The summed E-state index contributed by atoms with van der Waals surface area (Å²) < 4.78 is 5.55. The average molecular weight is 478 g/mol. The number of aromatic nitrogens is 2. The second kappa shape index (κ2) is 9.34. The zero-order valence-electron chi connectivity index (χ0n) is 17.4. The molecule has 6 nitrogen and oxygen atoms in total. The fourth-order valence-electron chi connectivity index (χ4n) is 2.97. The van der Waals surface area contributed by atoms with Gasteiger partial charge in [0.1, 0.15) is 17.1 Å². The quantitative estimate of drug-likeness (QED) is 0.331. The van der Waals surface area contributed by atoms with Gasteiger partial charge >= 0.3 is 6.09 Å². The average Bonchev–Trinajstić information content (AvgIpc) is 3.16. The Bertz CT molecular complexity index is 1110. The van der Waals surface area contributed by atoms with Gasteiger partial charge in [-0.15, -0.1) is 11.3 Å². The Morgan fingerprint density at radius 2 is 1.90 bits per heavy atom. The summed E-state index contributed by atoms with van der Waals surface area (Å²) in [5.74, 6) is -0.286. The van der Waals surface area contributed by atoms with Crippen molar-refractivity contribution in [3.63, 3.8) is 0 Å². The highest BCUT2D eigenvalue weighted by atomic mass is 35.5. The molecule has 3 rings (SSSR count). The van der Waals surface area contributed by atoms with Crippen LogP contribution in [0.15, 0.2) is 48.2 Å². The number of nitrogens with zero attached hydrogens (tertiary/aromatic N) is 3. The summed E-state index contributed by atoms with van der Waals surface area (Å²) in [4.78, 5) is 35.4. The number of halogens is 2. The molecule has 0 spiro atoms. The summed E-state index contributed by atoms with van der Waals surface area (Å²) in [5.41, 5.74) is 1.11. The van der Waals surface area contributed by atoms with Crippen molar-refractivity contribution in [1.29, 1.82) is 0 Å². The van der Waals surface area contributed by atoms with Crippen LogP contribution in [-0.4, -0.2) is 39.4 Å². The smallest absolute Gasteiger partial charge is 0.410 e. The Morgan fingerprint density at radius 3 is 2.55 bits per heavy atom. The minimum Gasteiger partial charge on any atom is -0.444 e. The number of carbonyl (C=O) groups is 2. The van der Waals surface area contributed by atoms with E-state index in [1.165, 1.54) is 28.8 Å². The predicted molar refractivity (Wildman–Crippen MR) is 122 cm³/mol. The van der Waals surface area contributed by atoms with Crippen molar-refractivity contribution in [3.8, 4) is 0 Å². The second-order valence-corrected chi connectivity index (χ2v) is 9.56. The van der Waals surface area contributed by atoms with Gasteiger partial charge < -0.3 is 9.64 Å². The topological polar surface area (TPSA) is 72.4 Å². The molecule has 0 bridgehead atoms. The van der Waals surface area contributed by atoms with Crippen LogP contribution >= 0.6 is 34.5 Å². The van der Waals surface area contributed by atoms with E-state index < -0.39 is 17.7 Å². The fourth-order valence-corrected chi connectivity index (χ4v) is 4.23. The third-order valence-corrected chi connectivity index (χ3v) is 5.78. The van der Waals surface area contributed by atoms with Gasteiger partial charge in [0.15, 0.2) is 0 Å². The van der Waals surface area contributed by atoms with Gasteiger partial charge in [-0.1, -0.05) is 35.3 Å². The van der Waals surface area contributed by atoms with Crippen LogP contribution in [0.5, 0.6) is 0 Å². The molecule has 0 saturated carbocycles. The Kier molecular flexibility index (Phi) is 6.99. The minimum absolute atomic E-state index is 0.0900. The van der Waals surface area contributed by atoms with E-state index >= 15 is 0 Å². The third-order valence-electron chi connectivity index (χ3n) is 4.30. The maximum Gasteiger partial charge on any atom is 0.410 e. The van der Waals surface area contributed by atoms with Gasteiger partial charge in [-0.25, -0.2) is 14.8 Å². The Labute approximate surface area is 194 Å². The monoisotopic (exact) mass is 477 g/mol. The number of ketones is 1. The van der Waals surface area contributed by atoms with Gasteiger partial charge in [-0.05, 0) is 55.5 Å². The number of hydrogen-bond donors (Lipinski definition) is 0. The highest BCUT2D eigenvalue weighted by molar-refractivity contribution is 7.12. The first kappa shape index (κ1) is 23.2. The summed E-state index contributed by atoms with van der Waals surface area (Å²) in [6.45, 7) is 5.42. The Balaban J connectivity index is 2.00. The molecule has 2 aromatic heterocycles. The van der Waals surface area contributed by atoms with E-state index in [9.17, 15) is 9.59 Å². The molecule has 31 heavy (non-hydrogen) atoms. The maximum atomic E-state index is 12.9. The molecule has 0 aliphatic heterocycles. The van der Waals surface area contributed by atoms with Crippen LogP contribution in [0.4, 0.5) is 4.79 Å². The standard InChI is InChI=1S/C22H21Cl2N3O3S/c1-22(2,3)30-21(29)27(4)18(13-6-5-7-15(23)8-13)14-9-17(31-11-14)19(28)16-10-25-12-26-20(16)24/h5-12,18H,1-4H3/t18-/m1/s1. The Morgan fingerprint density at radius 1 is 1.16 bits per heavy atom. The molecule has 0 radical (unpaired) electrons. The van der Waals surface area contributed by atoms with Crippen LogP contribution < -0.4 is 0 Å². The van der Waals surface area contributed by atoms with Gasteiger partial charge in [0.25, 0.3) is 0 Å². The molecule has 0 fully saturated rings. The molecule has 2 heterocycles. The first-order valence-corrected chi connectivity index (χ1v) is 11.0. The van der Waals surface area contributed by atoms with Crippen molar-refractivity contribution >= 4 is 46.4 Å². The molecule has 1 atom stereocenters. The molecule has 3 aromatic rings. The van der Waals surface area contributed by atoms with Crippen molar-refractivity contribution in [3.05, 3.63) is 80.0 Å². The van der Waals surface area contributed by atoms with E-state index in [0.717, 1.165) is 11.1 Å². The second-order valence-electron chi connectivity index (χ2n) is 7.85. The van der Waals surface area contributed by atoms with Crippen molar-refractivity contribution in [2.75, 3.05) is 7.05 Å². The fraction of sp³-hybridized carbons (Fsp3) is 0.273. The molecule has 0 saturated heterocycles. The zero-order chi connectivity index (χ0) is 22.8. The summed E-state index contributed by atoms with van der Waals surface area (Å²) in [5, 5.41) is 2.46. The van der Waals surface area contributed by atoms with Crippen LogP contribution in [0.1, 0.15) is 53.2 Å². The van der Waals surface area contributed by atoms with E-state index in [2.05, 4.69) is 9.97 Å². The number of benzene rings is 1. The van der Waals surface area contributed by atoms with Gasteiger partial charge in [0, 0.05) is 18.3 Å². The molecular formula is C22H21Cl2N3O3S. The third kappa shape index (κ3) is 5.61. The normalized spacial score (nSPS) is 12.3. The van der Waals surface area contributed by atoms with E-state index in [1.807, 2.05) is 17.5 Å². The highest BCUT2D eigenvalue weighted by Gasteiger charge is 2.29. The van der Waals surface area contributed by atoms with Crippen LogP contribution in [0, 0.1) is 0 Å². The summed E-state index contributed by atoms with van der Waals surface area (Å²) in [6, 6.07) is 8.46. The molecule has 1 aromatic carbocycles. The Hall–Kier alpha value is -2.48. The number of amides is 1. The lowest BCUT2D eigenvalue weighted by Gasteiger charge is -2.31. The molecule has 162 valence electrons. The van der Waals surface area contributed by atoms with Crippen molar-refractivity contribution < 1.29 is 14.3 Å². The van der Waals surface area contributed by atoms with Crippen LogP contribution in [-0.2, 0) is 4.74 Å². The van der Waals surface area contributed by atoms with Crippen LogP contribution in [0.3, 0.4) is 0 Å². The maximum absolute atomic E-state index is 12.9. The van der Waals surface area contributed by atoms with Gasteiger partial charge in [-0.3, -0.25) is 4.79 Å². The first-order chi connectivity index (χ1) is 14.6. The van der Waals surface area contributed by atoms with Gasteiger partial charge in [0.05, 0.1) is 16.5 Å². The summed E-state index contributed by atoms with van der Waals surface area (Å²) in [6.07, 6.45) is 2.18. The predicted octanol–water partition coefficient (Wildman–Crippen LogP) is 6.03. The molecule has 0 aliphatic rings. The lowest BCUT2D eigenvalue weighted by molar-refractivity contribution is 0.0248. The lowest BCUT2D eigenvalue weighted by Crippen LogP contribution is -2.37. The highest BCUT2D eigenvalue weighted by Crippen LogP contribution is 2.34. The molecule has 0 unspecified atom stereocenters. The van der Waals surface area contributed by atoms with Crippen LogP contribution in [0.25, 0.3) is 0 Å². The zero-order valence-corrected chi connectivity index (χ0v) is 19.8. The summed E-state index contributed by atoms with van der Waals surface area (Å²) >= 11 is 13.5. The largest absolute Gasteiger partial charge is 0.444 e. The van der Waals surface area contributed by atoms with Crippen molar-refractivity contribution in [2.45, 2.75) is 32.4 Å². The van der Waals surface area contributed by atoms with E-state index in [1.54, 1.807) is 46.0 Å². The number of ether oxygens (including phenoxy) is 1. The van der Waals surface area contributed by atoms with E-state index in [-0.39, 0.29) is 16.5 Å². The number of carbonyl (C=O) groups excluding carboxylic acids is 2. The van der Waals surface area contributed by atoms with E-state index in [0.29, 0.717) is 9.90 Å². The minimum atomic E-state index is -0.649. The van der Waals surface area contributed by atoms with Crippen molar-refractivity contribution in [1.82, 2.24) is 14.9 Å². The molecule has 9 heteroatoms. The number of rotatable bonds is 5. The molecule has 1 amide bonds. The number of thiophene rings is 1.